The summed E-state index contributed by atoms with van der Waals surface area (Å²) in [6.07, 6.45) is 2.61. The van der Waals surface area contributed by atoms with Gasteiger partial charge in [-0.1, -0.05) is 0 Å². The van der Waals surface area contributed by atoms with Crippen LogP contribution in [-0.2, 0) is 4.74 Å². The Morgan fingerprint density at radius 3 is 3.33 bits per heavy atom. The van der Waals surface area contributed by atoms with E-state index in [0.29, 0.717) is 12.6 Å². The van der Waals surface area contributed by atoms with Crippen LogP contribution in [0.1, 0.15) is 30.0 Å². The molecule has 1 aromatic heterocycles. The molecule has 6 heteroatoms. The zero-order valence-corrected chi connectivity index (χ0v) is 8.64. The molecule has 0 aliphatic carbocycles. The topological polar surface area (TPSA) is 69.0 Å². The second kappa shape index (κ2) is 4.39. The van der Waals surface area contributed by atoms with Gasteiger partial charge in [-0.2, -0.15) is 0 Å². The number of ether oxygens (including phenoxy) is 1. The van der Waals surface area contributed by atoms with Gasteiger partial charge in [-0.25, -0.2) is 14.5 Å². The standard InChI is InChI=1S/C9H14N4O2/c1-2-15-9(14)8-11-6-13(12-8)7-3-4-10-5-7/h6-7,10H,2-5H2,1H3. The first kappa shape index (κ1) is 10.1. The minimum absolute atomic E-state index is 0.142. The summed E-state index contributed by atoms with van der Waals surface area (Å²) in [5.41, 5.74) is 0. The van der Waals surface area contributed by atoms with Crippen LogP contribution in [0.5, 0.6) is 0 Å². The smallest absolute Gasteiger partial charge is 0.378 e. The van der Waals surface area contributed by atoms with Gasteiger partial charge in [-0.15, -0.1) is 5.10 Å². The lowest BCUT2D eigenvalue weighted by Gasteiger charge is -2.06. The van der Waals surface area contributed by atoms with E-state index in [9.17, 15) is 4.79 Å². The van der Waals surface area contributed by atoms with Gasteiger partial charge in [-0.05, 0) is 19.9 Å². The molecule has 1 atom stereocenters. The molecule has 0 saturated carbocycles. The fraction of sp³-hybridized carbons (Fsp3) is 0.667. The third-order valence-electron chi connectivity index (χ3n) is 2.37. The molecule has 0 spiro atoms. The molecule has 1 N–H and O–H groups in total. The third kappa shape index (κ3) is 2.15. The molecule has 1 aliphatic rings. The SMILES string of the molecule is CCOC(=O)c1ncn(C2CCNC2)n1. The van der Waals surface area contributed by atoms with Crippen LogP contribution in [0.2, 0.25) is 0 Å². The lowest BCUT2D eigenvalue weighted by Crippen LogP contribution is -2.15. The molecule has 6 nitrogen and oxygen atoms in total. The predicted octanol–water partition coefficient (Wildman–Crippen LogP) is -0.0108. The van der Waals surface area contributed by atoms with Gasteiger partial charge in [0.2, 0.25) is 0 Å². The van der Waals surface area contributed by atoms with Gasteiger partial charge in [0.25, 0.3) is 5.82 Å². The second-order valence-electron chi connectivity index (χ2n) is 3.42. The van der Waals surface area contributed by atoms with Gasteiger partial charge in [0.1, 0.15) is 6.33 Å². The molecule has 2 rings (SSSR count). The number of carbonyl (C=O) groups excluding carboxylic acids is 1. The van der Waals surface area contributed by atoms with Gasteiger partial charge < -0.3 is 10.1 Å². The number of carbonyl (C=O) groups is 1. The number of hydrogen-bond acceptors (Lipinski definition) is 5. The molecule has 2 heterocycles. The lowest BCUT2D eigenvalue weighted by molar-refractivity contribution is 0.0511. The van der Waals surface area contributed by atoms with E-state index in [-0.39, 0.29) is 5.82 Å². The third-order valence-corrected chi connectivity index (χ3v) is 2.37. The number of aromatic nitrogens is 3. The minimum atomic E-state index is -0.456. The zero-order valence-electron chi connectivity index (χ0n) is 8.64. The van der Waals surface area contributed by atoms with E-state index >= 15 is 0 Å². The Morgan fingerprint density at radius 2 is 2.67 bits per heavy atom. The van der Waals surface area contributed by atoms with Crippen LogP contribution < -0.4 is 5.32 Å². The average molecular weight is 210 g/mol. The van der Waals surface area contributed by atoms with Crippen LogP contribution in [0.3, 0.4) is 0 Å². The number of hydrogen-bond donors (Lipinski definition) is 1. The van der Waals surface area contributed by atoms with E-state index in [0.717, 1.165) is 19.5 Å². The number of nitrogens with zero attached hydrogens (tertiary/aromatic N) is 3. The molecule has 1 saturated heterocycles. The molecule has 1 fully saturated rings. The Balaban J connectivity index is 2.06. The van der Waals surface area contributed by atoms with Gasteiger partial charge in [0, 0.05) is 6.54 Å². The molecule has 0 radical (unpaired) electrons. The van der Waals surface area contributed by atoms with Crippen molar-refractivity contribution in [3.05, 3.63) is 12.2 Å². The van der Waals surface area contributed by atoms with Crippen molar-refractivity contribution >= 4 is 5.97 Å². The van der Waals surface area contributed by atoms with Crippen molar-refractivity contribution in [3.8, 4) is 0 Å². The van der Waals surface area contributed by atoms with Crippen molar-refractivity contribution in [1.29, 1.82) is 0 Å². The fourth-order valence-corrected chi connectivity index (χ4v) is 1.61. The van der Waals surface area contributed by atoms with Crippen molar-refractivity contribution < 1.29 is 9.53 Å². The molecule has 0 amide bonds. The van der Waals surface area contributed by atoms with Crippen molar-refractivity contribution in [2.45, 2.75) is 19.4 Å². The summed E-state index contributed by atoms with van der Waals surface area (Å²) in [5.74, 6) is -0.314. The molecular weight excluding hydrogens is 196 g/mol. The monoisotopic (exact) mass is 210 g/mol. The van der Waals surface area contributed by atoms with Gasteiger partial charge >= 0.3 is 5.97 Å². The van der Waals surface area contributed by atoms with E-state index in [4.69, 9.17) is 4.74 Å². The van der Waals surface area contributed by atoms with Crippen LogP contribution >= 0.6 is 0 Å². The molecule has 1 unspecified atom stereocenters. The van der Waals surface area contributed by atoms with E-state index in [2.05, 4.69) is 15.4 Å². The first-order valence-electron chi connectivity index (χ1n) is 5.10. The summed E-state index contributed by atoms with van der Waals surface area (Å²) in [5, 5.41) is 7.33. The normalized spacial score (nSPS) is 20.5. The van der Waals surface area contributed by atoms with Gasteiger partial charge in [-0.3, -0.25) is 0 Å². The molecular formula is C9H14N4O2. The van der Waals surface area contributed by atoms with E-state index < -0.39 is 5.97 Å². The Bertz CT molecular complexity index is 344. The molecule has 1 aliphatic heterocycles. The predicted molar refractivity (Wildman–Crippen MR) is 52.5 cm³/mol. The quantitative estimate of drug-likeness (QED) is 0.710. The molecule has 15 heavy (non-hydrogen) atoms. The van der Waals surface area contributed by atoms with Crippen LogP contribution in [0.4, 0.5) is 0 Å². The highest BCUT2D eigenvalue weighted by molar-refractivity contribution is 5.84. The second-order valence-corrected chi connectivity index (χ2v) is 3.42. The van der Waals surface area contributed by atoms with E-state index in [1.165, 1.54) is 0 Å². The molecule has 0 bridgehead atoms. The average Bonchev–Trinajstić information content (AvgIpc) is 2.89. The highest BCUT2D eigenvalue weighted by Crippen LogP contribution is 2.12. The maximum absolute atomic E-state index is 11.3. The van der Waals surface area contributed by atoms with E-state index in [1.807, 2.05) is 0 Å². The van der Waals surface area contributed by atoms with Crippen molar-refractivity contribution in [1.82, 2.24) is 20.1 Å². The Labute approximate surface area is 87.6 Å². The fourth-order valence-electron chi connectivity index (χ4n) is 1.61. The maximum Gasteiger partial charge on any atom is 0.378 e. The van der Waals surface area contributed by atoms with Gasteiger partial charge in [0.15, 0.2) is 0 Å². The van der Waals surface area contributed by atoms with E-state index in [1.54, 1.807) is 17.9 Å². The summed E-state index contributed by atoms with van der Waals surface area (Å²) in [4.78, 5) is 15.2. The number of esters is 1. The van der Waals surface area contributed by atoms with Crippen molar-refractivity contribution in [2.24, 2.45) is 0 Å². The van der Waals surface area contributed by atoms with Gasteiger partial charge in [0.05, 0.1) is 12.6 Å². The van der Waals surface area contributed by atoms with Crippen LogP contribution in [0.15, 0.2) is 6.33 Å². The Morgan fingerprint density at radius 1 is 1.80 bits per heavy atom. The highest BCUT2D eigenvalue weighted by Gasteiger charge is 2.20. The molecule has 0 aromatic carbocycles. The summed E-state index contributed by atoms with van der Waals surface area (Å²) in [7, 11) is 0. The van der Waals surface area contributed by atoms with Crippen molar-refractivity contribution in [3.63, 3.8) is 0 Å². The van der Waals surface area contributed by atoms with Crippen LogP contribution in [0, 0.1) is 0 Å². The first-order valence-corrected chi connectivity index (χ1v) is 5.10. The minimum Gasteiger partial charge on any atom is -0.460 e. The summed E-state index contributed by atoms with van der Waals surface area (Å²) < 4.78 is 6.54. The highest BCUT2D eigenvalue weighted by atomic mass is 16.5. The lowest BCUT2D eigenvalue weighted by atomic mass is 10.3. The Kier molecular flexibility index (Phi) is 2.96. The number of nitrogens with one attached hydrogen (secondary N) is 1. The van der Waals surface area contributed by atoms with Crippen LogP contribution in [-0.4, -0.2) is 40.4 Å². The summed E-state index contributed by atoms with van der Waals surface area (Å²) in [6, 6.07) is 0.306. The number of rotatable bonds is 3. The summed E-state index contributed by atoms with van der Waals surface area (Å²) >= 11 is 0. The van der Waals surface area contributed by atoms with Crippen LogP contribution in [0.25, 0.3) is 0 Å². The Hall–Kier alpha value is -1.43. The maximum atomic E-state index is 11.3. The largest absolute Gasteiger partial charge is 0.460 e. The molecule has 82 valence electrons. The van der Waals surface area contributed by atoms with Crippen molar-refractivity contribution in [2.75, 3.05) is 19.7 Å². The first-order chi connectivity index (χ1) is 7.31. The zero-order chi connectivity index (χ0) is 10.7. The summed E-state index contributed by atoms with van der Waals surface area (Å²) in [6.45, 7) is 3.97. The molecule has 1 aromatic rings.